The summed E-state index contributed by atoms with van der Waals surface area (Å²) in [5.74, 6) is 1.87. The molecule has 1 unspecified atom stereocenters. The van der Waals surface area contributed by atoms with Crippen molar-refractivity contribution in [1.82, 2.24) is 24.8 Å². The fourth-order valence-electron chi connectivity index (χ4n) is 5.62. The molecule has 37 heavy (non-hydrogen) atoms. The minimum absolute atomic E-state index is 0.282. The van der Waals surface area contributed by atoms with Crippen LogP contribution in [-0.2, 0) is 13.1 Å². The van der Waals surface area contributed by atoms with E-state index in [1.54, 1.807) is 6.07 Å². The van der Waals surface area contributed by atoms with Gasteiger partial charge in [0.2, 0.25) is 0 Å². The van der Waals surface area contributed by atoms with Gasteiger partial charge in [-0.1, -0.05) is 0 Å². The minimum atomic E-state index is -0.441. The Morgan fingerprint density at radius 1 is 1.19 bits per heavy atom. The van der Waals surface area contributed by atoms with Crippen molar-refractivity contribution in [3.05, 3.63) is 70.9 Å². The first-order chi connectivity index (χ1) is 17.9. The minimum Gasteiger partial charge on any atom is -0.486 e. The predicted molar refractivity (Wildman–Crippen MR) is 140 cm³/mol. The van der Waals surface area contributed by atoms with Crippen molar-refractivity contribution >= 4 is 10.9 Å². The Morgan fingerprint density at radius 3 is 2.81 bits per heavy atom. The molecule has 1 saturated heterocycles. The van der Waals surface area contributed by atoms with Gasteiger partial charge in [-0.3, -0.25) is 4.90 Å². The van der Waals surface area contributed by atoms with Crippen LogP contribution in [0.2, 0.25) is 0 Å². The number of halogens is 1. The van der Waals surface area contributed by atoms with E-state index in [2.05, 4.69) is 26.8 Å². The Kier molecular flexibility index (Phi) is 6.19. The van der Waals surface area contributed by atoms with E-state index in [1.807, 2.05) is 37.4 Å². The first-order valence-electron chi connectivity index (χ1n) is 12.9. The highest BCUT2D eigenvalue weighted by Crippen LogP contribution is 2.34. The summed E-state index contributed by atoms with van der Waals surface area (Å²) < 4.78 is 20.1. The summed E-state index contributed by atoms with van der Waals surface area (Å²) in [6.07, 6.45) is 4.12. The van der Waals surface area contributed by atoms with E-state index < -0.39 is 11.9 Å². The number of hydrogen-bond donors (Lipinski definition) is 2. The van der Waals surface area contributed by atoms with Gasteiger partial charge in [-0.2, -0.15) is 5.26 Å². The Morgan fingerprint density at radius 2 is 2.03 bits per heavy atom. The standard InChI is InChI=1S/C29H31FN6O/c1-18(21-9-20(13-31)10-22(30)11-21)37-23-3-4-26-24(12-23)25(14-32-26)29-33-27-16-36(17-28(27)34-29)15-19-5-7-35(2)8-6-19/h3-4,9-12,14,18-19,32H,5-8,15-17H2,1-2H3,(H,33,34). The van der Waals surface area contributed by atoms with E-state index in [1.165, 1.54) is 43.8 Å². The zero-order valence-corrected chi connectivity index (χ0v) is 21.2. The smallest absolute Gasteiger partial charge is 0.140 e. The molecule has 4 aromatic rings. The van der Waals surface area contributed by atoms with Crippen LogP contribution in [0, 0.1) is 23.1 Å². The van der Waals surface area contributed by atoms with Crippen molar-refractivity contribution in [2.45, 2.75) is 39.0 Å². The van der Waals surface area contributed by atoms with Gasteiger partial charge in [0, 0.05) is 42.3 Å². The molecule has 190 valence electrons. The third-order valence-corrected chi connectivity index (χ3v) is 7.71. The maximum absolute atomic E-state index is 13.9. The van der Waals surface area contributed by atoms with E-state index in [0.29, 0.717) is 11.3 Å². The van der Waals surface area contributed by atoms with Crippen LogP contribution in [0.5, 0.6) is 5.75 Å². The number of piperidine rings is 1. The molecule has 2 aromatic carbocycles. The maximum Gasteiger partial charge on any atom is 0.140 e. The highest BCUT2D eigenvalue weighted by molar-refractivity contribution is 5.94. The molecule has 6 rings (SSSR count). The third kappa shape index (κ3) is 4.85. The first kappa shape index (κ1) is 23.7. The molecule has 0 amide bonds. The molecule has 2 aromatic heterocycles. The van der Waals surface area contributed by atoms with Crippen LogP contribution >= 0.6 is 0 Å². The summed E-state index contributed by atoms with van der Waals surface area (Å²) in [6.45, 7) is 7.19. The molecule has 0 spiro atoms. The van der Waals surface area contributed by atoms with Crippen molar-refractivity contribution in [3.63, 3.8) is 0 Å². The second-order valence-corrected chi connectivity index (χ2v) is 10.5. The third-order valence-electron chi connectivity index (χ3n) is 7.71. The second kappa shape index (κ2) is 9.66. The molecule has 1 atom stereocenters. The average molecular weight is 499 g/mol. The normalized spacial score (nSPS) is 17.7. The lowest BCUT2D eigenvalue weighted by Gasteiger charge is -2.31. The Labute approximate surface area is 215 Å². The Balaban J connectivity index is 1.18. The van der Waals surface area contributed by atoms with Crippen molar-refractivity contribution in [2.24, 2.45) is 5.92 Å². The summed E-state index contributed by atoms with van der Waals surface area (Å²) in [7, 11) is 2.21. The summed E-state index contributed by atoms with van der Waals surface area (Å²) in [4.78, 5) is 16.8. The molecule has 0 aliphatic carbocycles. The van der Waals surface area contributed by atoms with Gasteiger partial charge in [0.1, 0.15) is 23.5 Å². The van der Waals surface area contributed by atoms with Crippen LogP contribution in [0.4, 0.5) is 4.39 Å². The molecule has 2 aliphatic heterocycles. The predicted octanol–water partition coefficient (Wildman–Crippen LogP) is 5.37. The summed E-state index contributed by atoms with van der Waals surface area (Å²) in [5, 5.41) is 10.2. The van der Waals surface area contributed by atoms with E-state index in [4.69, 9.17) is 15.0 Å². The van der Waals surface area contributed by atoms with Gasteiger partial charge >= 0.3 is 0 Å². The molecule has 4 heterocycles. The van der Waals surface area contributed by atoms with Crippen molar-refractivity contribution in [2.75, 3.05) is 26.7 Å². The number of H-pyrrole nitrogens is 2. The van der Waals surface area contributed by atoms with Crippen LogP contribution in [0.25, 0.3) is 22.3 Å². The van der Waals surface area contributed by atoms with Crippen LogP contribution in [0.1, 0.15) is 48.4 Å². The number of benzene rings is 2. The van der Waals surface area contributed by atoms with Gasteiger partial charge in [0.05, 0.1) is 23.0 Å². The molecule has 0 radical (unpaired) electrons. The number of likely N-dealkylation sites (tertiary alicyclic amines) is 1. The van der Waals surface area contributed by atoms with Gasteiger partial charge in [0.25, 0.3) is 0 Å². The molecular weight excluding hydrogens is 467 g/mol. The average Bonchev–Trinajstić information content (AvgIpc) is 3.58. The zero-order valence-electron chi connectivity index (χ0n) is 21.2. The zero-order chi connectivity index (χ0) is 25.5. The van der Waals surface area contributed by atoms with Crippen LogP contribution in [0.15, 0.2) is 42.6 Å². The molecule has 2 aliphatic rings. The highest BCUT2D eigenvalue weighted by Gasteiger charge is 2.27. The van der Waals surface area contributed by atoms with Crippen LogP contribution in [0.3, 0.4) is 0 Å². The number of nitriles is 1. The quantitative estimate of drug-likeness (QED) is 0.374. The number of ether oxygens (including phenoxy) is 1. The lowest BCUT2D eigenvalue weighted by molar-refractivity contribution is 0.159. The van der Waals surface area contributed by atoms with Gasteiger partial charge < -0.3 is 19.6 Å². The van der Waals surface area contributed by atoms with E-state index in [9.17, 15) is 4.39 Å². The number of fused-ring (bicyclic) bond motifs is 2. The summed E-state index contributed by atoms with van der Waals surface area (Å²) in [5.41, 5.74) is 5.24. The number of nitrogens with zero attached hydrogens (tertiary/aromatic N) is 4. The van der Waals surface area contributed by atoms with Crippen LogP contribution in [-0.4, -0.2) is 51.4 Å². The van der Waals surface area contributed by atoms with Gasteiger partial charge in [-0.25, -0.2) is 9.37 Å². The fourth-order valence-corrected chi connectivity index (χ4v) is 5.62. The fraction of sp³-hybridized carbons (Fsp3) is 0.379. The maximum atomic E-state index is 13.9. The van der Waals surface area contributed by atoms with E-state index >= 15 is 0 Å². The van der Waals surface area contributed by atoms with Crippen LogP contribution < -0.4 is 4.74 Å². The Bertz CT molecular complexity index is 1450. The monoisotopic (exact) mass is 498 g/mol. The number of imidazole rings is 1. The van der Waals surface area contributed by atoms with Crippen molar-refractivity contribution < 1.29 is 9.13 Å². The number of hydrogen-bond acceptors (Lipinski definition) is 5. The Hall–Kier alpha value is -3.67. The van der Waals surface area contributed by atoms with Crippen molar-refractivity contribution in [3.8, 4) is 23.2 Å². The largest absolute Gasteiger partial charge is 0.486 e. The molecule has 7 nitrogen and oxygen atoms in total. The number of aromatic amines is 2. The molecule has 1 fully saturated rings. The van der Waals surface area contributed by atoms with E-state index in [0.717, 1.165) is 53.5 Å². The molecular formula is C29H31FN6O. The number of aromatic nitrogens is 3. The first-order valence-corrected chi connectivity index (χ1v) is 12.9. The van der Waals surface area contributed by atoms with Gasteiger partial charge in [0.15, 0.2) is 0 Å². The van der Waals surface area contributed by atoms with Gasteiger partial charge in [-0.15, -0.1) is 0 Å². The summed E-state index contributed by atoms with van der Waals surface area (Å²) in [6, 6.07) is 12.2. The molecule has 0 bridgehead atoms. The topological polar surface area (TPSA) is 84.0 Å². The second-order valence-electron chi connectivity index (χ2n) is 10.5. The lowest BCUT2D eigenvalue weighted by atomic mass is 9.97. The van der Waals surface area contributed by atoms with E-state index in [-0.39, 0.29) is 5.56 Å². The number of nitrogens with one attached hydrogen (secondary N) is 2. The lowest BCUT2D eigenvalue weighted by Crippen LogP contribution is -2.35. The van der Waals surface area contributed by atoms with Gasteiger partial charge in [-0.05, 0) is 87.8 Å². The SMILES string of the molecule is CC(Oc1ccc2[nH]cc(-c3nc4c([nH]3)CN(CC3CCN(C)CC3)C4)c2c1)c1cc(F)cc(C#N)c1. The number of rotatable bonds is 6. The summed E-state index contributed by atoms with van der Waals surface area (Å²) >= 11 is 0. The highest BCUT2D eigenvalue weighted by atomic mass is 19.1. The molecule has 0 saturated carbocycles. The molecule has 2 N–H and O–H groups in total. The van der Waals surface area contributed by atoms with Crippen molar-refractivity contribution in [1.29, 1.82) is 5.26 Å². The molecule has 8 heteroatoms.